The van der Waals surface area contributed by atoms with Crippen LogP contribution in [0.5, 0.6) is 11.5 Å². The van der Waals surface area contributed by atoms with Crippen molar-refractivity contribution in [2.45, 2.75) is 20.0 Å². The first-order valence-electron chi connectivity index (χ1n) is 10.4. The van der Waals surface area contributed by atoms with E-state index in [0.29, 0.717) is 48.1 Å². The molecular weight excluding hydrogens is 575 g/mol. The number of halogens is 1. The average Bonchev–Trinajstić information content (AvgIpc) is 3.06. The van der Waals surface area contributed by atoms with E-state index in [0.717, 1.165) is 20.9 Å². The number of thioether (sulfide) groups is 1. The van der Waals surface area contributed by atoms with Crippen molar-refractivity contribution in [3.63, 3.8) is 0 Å². The standard InChI is InChI=1S/C23H23IN2O7S/c1-3-32-19-12-16(13-20-22(27)25(23(28)34-20)9-4-10-31-2)11-18(24)21(19)33-14-15-5-7-17(8-6-15)26(29)30/h5-8,11-13H,3-4,9-10,14H2,1-2H3/b20-13+. The smallest absolute Gasteiger partial charge is 0.293 e. The predicted molar refractivity (Wildman–Crippen MR) is 137 cm³/mol. The fraction of sp³-hybridized carbons (Fsp3) is 0.304. The molecule has 2 amide bonds. The maximum atomic E-state index is 12.7. The van der Waals surface area contributed by atoms with E-state index in [1.54, 1.807) is 31.4 Å². The maximum absolute atomic E-state index is 12.7. The lowest BCUT2D eigenvalue weighted by atomic mass is 10.1. The molecule has 0 aromatic heterocycles. The summed E-state index contributed by atoms with van der Waals surface area (Å²) in [7, 11) is 1.57. The Balaban J connectivity index is 1.78. The minimum Gasteiger partial charge on any atom is -0.490 e. The summed E-state index contributed by atoms with van der Waals surface area (Å²) in [6.07, 6.45) is 2.25. The second-order valence-corrected chi connectivity index (χ2v) is 9.31. The van der Waals surface area contributed by atoms with Crippen molar-refractivity contribution in [2.24, 2.45) is 0 Å². The van der Waals surface area contributed by atoms with Gasteiger partial charge in [0.25, 0.3) is 16.8 Å². The number of hydrogen-bond acceptors (Lipinski definition) is 8. The molecule has 2 aromatic rings. The summed E-state index contributed by atoms with van der Waals surface area (Å²) in [5, 5.41) is 10.5. The highest BCUT2D eigenvalue weighted by Crippen LogP contribution is 2.38. The van der Waals surface area contributed by atoms with E-state index in [1.165, 1.54) is 17.0 Å². The lowest BCUT2D eigenvalue weighted by molar-refractivity contribution is -0.384. The number of nitro groups is 1. The molecule has 0 unspecified atom stereocenters. The molecule has 11 heteroatoms. The molecule has 1 saturated heterocycles. The topological polar surface area (TPSA) is 108 Å². The molecule has 0 spiro atoms. The Kier molecular flexibility index (Phi) is 9.30. The maximum Gasteiger partial charge on any atom is 0.293 e. The van der Waals surface area contributed by atoms with Gasteiger partial charge in [-0.05, 0) is 89.2 Å². The normalized spacial score (nSPS) is 14.7. The number of nitro benzene ring substituents is 1. The summed E-state index contributed by atoms with van der Waals surface area (Å²) >= 11 is 3.03. The van der Waals surface area contributed by atoms with Gasteiger partial charge in [0.15, 0.2) is 11.5 Å². The van der Waals surface area contributed by atoms with E-state index in [4.69, 9.17) is 14.2 Å². The molecule has 9 nitrogen and oxygen atoms in total. The van der Waals surface area contributed by atoms with Gasteiger partial charge in [-0.25, -0.2) is 0 Å². The van der Waals surface area contributed by atoms with Crippen LogP contribution in [0.1, 0.15) is 24.5 Å². The van der Waals surface area contributed by atoms with Crippen LogP contribution in [0.15, 0.2) is 41.3 Å². The third-order valence-electron chi connectivity index (χ3n) is 4.76. The number of imide groups is 1. The monoisotopic (exact) mass is 598 g/mol. The first-order chi connectivity index (χ1) is 16.3. The number of ether oxygens (including phenoxy) is 3. The molecule has 0 N–H and O–H groups in total. The molecule has 1 fully saturated rings. The van der Waals surface area contributed by atoms with Gasteiger partial charge in [-0.3, -0.25) is 24.6 Å². The van der Waals surface area contributed by atoms with Crippen LogP contribution in [0.3, 0.4) is 0 Å². The largest absolute Gasteiger partial charge is 0.490 e. The third-order valence-corrected chi connectivity index (χ3v) is 6.47. The average molecular weight is 598 g/mol. The molecule has 0 radical (unpaired) electrons. The second-order valence-electron chi connectivity index (χ2n) is 7.15. The highest BCUT2D eigenvalue weighted by molar-refractivity contribution is 14.1. The summed E-state index contributed by atoms with van der Waals surface area (Å²) in [5.74, 6) is 0.713. The van der Waals surface area contributed by atoms with Crippen LogP contribution in [0, 0.1) is 13.7 Å². The quantitative estimate of drug-likeness (QED) is 0.114. The Labute approximate surface area is 214 Å². The number of benzene rings is 2. The highest BCUT2D eigenvalue weighted by Gasteiger charge is 2.34. The van der Waals surface area contributed by atoms with Crippen LogP contribution in [-0.4, -0.2) is 47.8 Å². The summed E-state index contributed by atoms with van der Waals surface area (Å²) < 4.78 is 17.5. The van der Waals surface area contributed by atoms with Crippen LogP contribution in [0.2, 0.25) is 0 Å². The van der Waals surface area contributed by atoms with Gasteiger partial charge in [-0.1, -0.05) is 0 Å². The molecule has 180 valence electrons. The van der Waals surface area contributed by atoms with Crippen molar-refractivity contribution >= 4 is 57.3 Å². The minimum absolute atomic E-state index is 0.0146. The summed E-state index contributed by atoms with van der Waals surface area (Å²) in [6, 6.07) is 9.74. The number of carbonyl (C=O) groups is 2. The molecule has 34 heavy (non-hydrogen) atoms. The van der Waals surface area contributed by atoms with Crippen molar-refractivity contribution in [1.29, 1.82) is 0 Å². The van der Waals surface area contributed by atoms with Crippen LogP contribution in [0.25, 0.3) is 6.08 Å². The number of carbonyl (C=O) groups excluding carboxylic acids is 2. The van der Waals surface area contributed by atoms with Gasteiger partial charge < -0.3 is 14.2 Å². The van der Waals surface area contributed by atoms with Gasteiger partial charge >= 0.3 is 0 Å². The van der Waals surface area contributed by atoms with E-state index in [-0.39, 0.29) is 23.4 Å². The molecular formula is C23H23IN2O7S. The summed E-state index contributed by atoms with van der Waals surface area (Å²) in [6.45, 7) is 3.24. The number of nitrogens with zero attached hydrogens (tertiary/aromatic N) is 2. The number of rotatable bonds is 11. The van der Waals surface area contributed by atoms with E-state index < -0.39 is 4.92 Å². The summed E-state index contributed by atoms with van der Waals surface area (Å²) in [5.41, 5.74) is 1.49. The van der Waals surface area contributed by atoms with E-state index in [2.05, 4.69) is 22.6 Å². The van der Waals surface area contributed by atoms with Crippen LogP contribution in [-0.2, 0) is 16.1 Å². The Bertz CT molecular complexity index is 1110. The van der Waals surface area contributed by atoms with Gasteiger partial charge in [0.2, 0.25) is 0 Å². The van der Waals surface area contributed by atoms with Gasteiger partial charge in [0, 0.05) is 32.4 Å². The van der Waals surface area contributed by atoms with Gasteiger partial charge in [0.1, 0.15) is 6.61 Å². The fourth-order valence-electron chi connectivity index (χ4n) is 3.15. The van der Waals surface area contributed by atoms with Crippen molar-refractivity contribution in [2.75, 3.05) is 26.9 Å². The number of hydrogen-bond donors (Lipinski definition) is 0. The predicted octanol–water partition coefficient (Wildman–Crippen LogP) is 5.25. The van der Waals surface area contributed by atoms with Crippen LogP contribution in [0.4, 0.5) is 10.5 Å². The SMILES string of the molecule is CCOc1cc(/C=C2/SC(=O)N(CCCOC)C2=O)cc(I)c1OCc1ccc([N+](=O)[O-])cc1. The summed E-state index contributed by atoms with van der Waals surface area (Å²) in [4.78, 5) is 36.9. The first-order valence-corrected chi connectivity index (χ1v) is 12.3. The van der Waals surface area contributed by atoms with Crippen molar-refractivity contribution in [1.82, 2.24) is 4.90 Å². The first kappa shape index (κ1) is 26.0. The molecule has 3 rings (SSSR count). The zero-order chi connectivity index (χ0) is 24.7. The second kappa shape index (κ2) is 12.2. The molecule has 1 aliphatic rings. The molecule has 0 aliphatic carbocycles. The molecule has 1 aliphatic heterocycles. The van der Waals surface area contributed by atoms with Crippen molar-refractivity contribution < 1.29 is 28.7 Å². The molecule has 2 aromatic carbocycles. The van der Waals surface area contributed by atoms with Crippen LogP contribution < -0.4 is 9.47 Å². The number of non-ortho nitro benzene ring substituents is 1. The Morgan fingerprint density at radius 1 is 1.18 bits per heavy atom. The van der Waals surface area contributed by atoms with E-state index in [1.807, 2.05) is 13.0 Å². The molecule has 0 bridgehead atoms. The lowest BCUT2D eigenvalue weighted by Crippen LogP contribution is -2.29. The van der Waals surface area contributed by atoms with E-state index >= 15 is 0 Å². The molecule has 0 atom stereocenters. The zero-order valence-corrected chi connectivity index (χ0v) is 21.6. The third kappa shape index (κ3) is 6.48. The van der Waals surface area contributed by atoms with Crippen molar-refractivity contribution in [3.05, 3.63) is 66.1 Å². The highest BCUT2D eigenvalue weighted by atomic mass is 127. The number of methoxy groups -OCH3 is 1. The van der Waals surface area contributed by atoms with Gasteiger partial charge in [0.05, 0.1) is 20.0 Å². The Hall–Kier alpha value is -2.64. The van der Waals surface area contributed by atoms with Gasteiger partial charge in [-0.2, -0.15) is 0 Å². The lowest BCUT2D eigenvalue weighted by Gasteiger charge is -2.15. The Morgan fingerprint density at radius 2 is 1.91 bits per heavy atom. The number of amides is 2. The minimum atomic E-state index is -0.451. The zero-order valence-electron chi connectivity index (χ0n) is 18.6. The molecule has 0 saturated carbocycles. The Morgan fingerprint density at radius 3 is 2.56 bits per heavy atom. The van der Waals surface area contributed by atoms with E-state index in [9.17, 15) is 19.7 Å². The van der Waals surface area contributed by atoms with Gasteiger partial charge in [-0.15, -0.1) is 0 Å². The van der Waals surface area contributed by atoms with Crippen molar-refractivity contribution in [3.8, 4) is 11.5 Å². The van der Waals surface area contributed by atoms with Crippen LogP contribution >= 0.6 is 34.4 Å². The molecule has 1 heterocycles. The fourth-order valence-corrected chi connectivity index (χ4v) is 4.80.